The Morgan fingerprint density at radius 1 is 1.47 bits per heavy atom. The molecule has 15 heavy (non-hydrogen) atoms. The van der Waals surface area contributed by atoms with Gasteiger partial charge in [-0.05, 0) is 13.3 Å². The number of amides is 1. The minimum atomic E-state index is -0.568. The Balaban J connectivity index is 3.42. The van der Waals surface area contributed by atoms with E-state index in [9.17, 15) is 9.59 Å². The number of hydrogen-bond acceptors (Lipinski definition) is 3. The number of rotatable bonds is 7. The SMILES string of the molecule is CCCCOC(=O)CCNC(=O)C(C)Cl. The van der Waals surface area contributed by atoms with Crippen LogP contribution in [-0.4, -0.2) is 30.4 Å². The van der Waals surface area contributed by atoms with Gasteiger partial charge in [0, 0.05) is 6.54 Å². The molecule has 0 radical (unpaired) electrons. The molecule has 0 fully saturated rings. The number of ether oxygens (including phenoxy) is 1. The van der Waals surface area contributed by atoms with Gasteiger partial charge in [0.1, 0.15) is 5.38 Å². The van der Waals surface area contributed by atoms with Crippen molar-refractivity contribution in [3.05, 3.63) is 0 Å². The van der Waals surface area contributed by atoms with E-state index in [1.165, 1.54) is 0 Å². The van der Waals surface area contributed by atoms with E-state index in [-0.39, 0.29) is 24.8 Å². The Hall–Kier alpha value is -0.770. The maximum atomic E-state index is 11.1. The van der Waals surface area contributed by atoms with E-state index < -0.39 is 5.38 Å². The Bertz CT molecular complexity index is 207. The quantitative estimate of drug-likeness (QED) is 0.413. The third-order valence-electron chi connectivity index (χ3n) is 1.75. The third-order valence-corrected chi connectivity index (χ3v) is 1.95. The average molecular weight is 236 g/mol. The smallest absolute Gasteiger partial charge is 0.307 e. The van der Waals surface area contributed by atoms with Crippen LogP contribution in [-0.2, 0) is 14.3 Å². The van der Waals surface area contributed by atoms with Gasteiger partial charge >= 0.3 is 5.97 Å². The Labute approximate surface area is 95.3 Å². The Morgan fingerprint density at radius 3 is 2.67 bits per heavy atom. The van der Waals surface area contributed by atoms with Crippen molar-refractivity contribution in [2.75, 3.05) is 13.2 Å². The summed E-state index contributed by atoms with van der Waals surface area (Å²) in [4.78, 5) is 22.1. The van der Waals surface area contributed by atoms with Crippen molar-refractivity contribution < 1.29 is 14.3 Å². The highest BCUT2D eigenvalue weighted by atomic mass is 35.5. The summed E-state index contributed by atoms with van der Waals surface area (Å²) in [5.41, 5.74) is 0. The monoisotopic (exact) mass is 235 g/mol. The lowest BCUT2D eigenvalue weighted by Gasteiger charge is -2.06. The fourth-order valence-corrected chi connectivity index (χ4v) is 0.908. The highest BCUT2D eigenvalue weighted by molar-refractivity contribution is 6.30. The number of halogens is 1. The molecule has 0 aliphatic heterocycles. The Morgan fingerprint density at radius 2 is 2.13 bits per heavy atom. The summed E-state index contributed by atoms with van der Waals surface area (Å²) in [5, 5.41) is 1.96. The molecule has 0 heterocycles. The highest BCUT2D eigenvalue weighted by Gasteiger charge is 2.09. The van der Waals surface area contributed by atoms with E-state index in [1.54, 1.807) is 6.92 Å². The van der Waals surface area contributed by atoms with Crippen LogP contribution in [0.2, 0.25) is 0 Å². The van der Waals surface area contributed by atoms with Gasteiger partial charge in [-0.25, -0.2) is 0 Å². The molecule has 88 valence electrons. The summed E-state index contributed by atoms with van der Waals surface area (Å²) in [5.74, 6) is -0.552. The molecule has 5 heteroatoms. The number of carbonyl (C=O) groups is 2. The first-order chi connectivity index (χ1) is 7.07. The first-order valence-electron chi connectivity index (χ1n) is 5.15. The summed E-state index contributed by atoms with van der Waals surface area (Å²) in [7, 11) is 0. The summed E-state index contributed by atoms with van der Waals surface area (Å²) >= 11 is 5.52. The van der Waals surface area contributed by atoms with Crippen LogP contribution in [0.25, 0.3) is 0 Å². The van der Waals surface area contributed by atoms with Crippen molar-refractivity contribution in [1.29, 1.82) is 0 Å². The van der Waals surface area contributed by atoms with E-state index in [0.29, 0.717) is 6.61 Å². The lowest BCUT2D eigenvalue weighted by molar-refractivity contribution is -0.143. The third kappa shape index (κ3) is 8.24. The van der Waals surface area contributed by atoms with Gasteiger partial charge in [0.2, 0.25) is 5.91 Å². The number of esters is 1. The molecule has 0 bridgehead atoms. The molecule has 1 N–H and O–H groups in total. The molecule has 1 unspecified atom stereocenters. The van der Waals surface area contributed by atoms with Gasteiger partial charge in [-0.15, -0.1) is 11.6 Å². The van der Waals surface area contributed by atoms with Gasteiger partial charge < -0.3 is 10.1 Å². The minimum Gasteiger partial charge on any atom is -0.466 e. The van der Waals surface area contributed by atoms with Crippen LogP contribution >= 0.6 is 11.6 Å². The minimum absolute atomic E-state index is 0.194. The second-order valence-corrected chi connectivity index (χ2v) is 3.89. The first kappa shape index (κ1) is 14.2. The molecule has 0 aromatic rings. The predicted molar refractivity (Wildman–Crippen MR) is 58.8 cm³/mol. The zero-order valence-corrected chi connectivity index (χ0v) is 9.97. The number of alkyl halides is 1. The number of nitrogens with one attached hydrogen (secondary N) is 1. The zero-order valence-electron chi connectivity index (χ0n) is 9.22. The molecule has 0 aromatic carbocycles. The first-order valence-corrected chi connectivity index (χ1v) is 5.59. The largest absolute Gasteiger partial charge is 0.466 e. The summed E-state index contributed by atoms with van der Waals surface area (Å²) in [6.45, 7) is 4.34. The molecule has 0 aliphatic carbocycles. The van der Waals surface area contributed by atoms with Gasteiger partial charge in [0.25, 0.3) is 0 Å². The lowest BCUT2D eigenvalue weighted by Crippen LogP contribution is -2.31. The molecule has 0 aliphatic rings. The maximum Gasteiger partial charge on any atom is 0.307 e. The van der Waals surface area contributed by atoms with Gasteiger partial charge in [-0.3, -0.25) is 9.59 Å². The van der Waals surface area contributed by atoms with E-state index in [1.807, 2.05) is 6.92 Å². The molecule has 0 aromatic heterocycles. The van der Waals surface area contributed by atoms with Gasteiger partial charge in [-0.1, -0.05) is 13.3 Å². The van der Waals surface area contributed by atoms with Gasteiger partial charge in [0.15, 0.2) is 0 Å². The van der Waals surface area contributed by atoms with Crippen LogP contribution in [0.1, 0.15) is 33.1 Å². The van der Waals surface area contributed by atoms with Crippen LogP contribution in [0.5, 0.6) is 0 Å². The molecule has 0 saturated carbocycles. The normalized spacial score (nSPS) is 11.9. The number of hydrogen-bond donors (Lipinski definition) is 1. The molecular formula is C10H18ClNO3. The maximum absolute atomic E-state index is 11.1. The molecule has 0 rings (SSSR count). The molecule has 0 saturated heterocycles. The fraction of sp³-hybridized carbons (Fsp3) is 0.800. The number of unbranched alkanes of at least 4 members (excludes halogenated alkanes) is 1. The molecule has 1 amide bonds. The van der Waals surface area contributed by atoms with E-state index in [0.717, 1.165) is 12.8 Å². The molecular weight excluding hydrogens is 218 g/mol. The molecule has 1 atom stereocenters. The number of carbonyl (C=O) groups excluding carboxylic acids is 2. The van der Waals surface area contributed by atoms with Crippen LogP contribution in [0.3, 0.4) is 0 Å². The van der Waals surface area contributed by atoms with Gasteiger partial charge in [0.05, 0.1) is 13.0 Å². The van der Waals surface area contributed by atoms with Crippen molar-refractivity contribution in [2.24, 2.45) is 0 Å². The summed E-state index contributed by atoms with van der Waals surface area (Å²) in [6.07, 6.45) is 2.06. The molecule has 0 spiro atoms. The topological polar surface area (TPSA) is 55.4 Å². The van der Waals surface area contributed by atoms with Gasteiger partial charge in [-0.2, -0.15) is 0 Å². The Kier molecular flexibility index (Phi) is 8.09. The van der Waals surface area contributed by atoms with Crippen LogP contribution in [0.4, 0.5) is 0 Å². The van der Waals surface area contributed by atoms with Crippen molar-refractivity contribution in [1.82, 2.24) is 5.32 Å². The fourth-order valence-electron chi connectivity index (χ4n) is 0.831. The lowest BCUT2D eigenvalue weighted by atomic mass is 10.3. The van der Waals surface area contributed by atoms with E-state index in [4.69, 9.17) is 16.3 Å². The standard InChI is InChI=1S/C10H18ClNO3/c1-3-4-7-15-9(13)5-6-12-10(14)8(2)11/h8H,3-7H2,1-2H3,(H,12,14). The second kappa shape index (κ2) is 8.53. The van der Waals surface area contributed by atoms with Crippen molar-refractivity contribution in [3.8, 4) is 0 Å². The second-order valence-electron chi connectivity index (χ2n) is 3.23. The highest BCUT2D eigenvalue weighted by Crippen LogP contribution is 1.94. The van der Waals surface area contributed by atoms with Crippen molar-refractivity contribution in [2.45, 2.75) is 38.5 Å². The zero-order chi connectivity index (χ0) is 11.7. The van der Waals surface area contributed by atoms with Crippen molar-refractivity contribution in [3.63, 3.8) is 0 Å². The molecule has 4 nitrogen and oxygen atoms in total. The van der Waals surface area contributed by atoms with Crippen molar-refractivity contribution >= 4 is 23.5 Å². The average Bonchev–Trinajstić information content (AvgIpc) is 2.18. The van der Waals surface area contributed by atoms with Crippen LogP contribution in [0, 0.1) is 0 Å². The van der Waals surface area contributed by atoms with Crippen LogP contribution in [0.15, 0.2) is 0 Å². The van der Waals surface area contributed by atoms with E-state index in [2.05, 4.69) is 5.32 Å². The summed E-state index contributed by atoms with van der Waals surface area (Å²) in [6, 6.07) is 0. The van der Waals surface area contributed by atoms with E-state index >= 15 is 0 Å². The predicted octanol–water partition coefficient (Wildman–Crippen LogP) is 1.46. The van der Waals surface area contributed by atoms with Crippen LogP contribution < -0.4 is 5.32 Å². The summed E-state index contributed by atoms with van der Waals surface area (Å²) < 4.78 is 4.90.